The minimum atomic E-state index is 0.806. The summed E-state index contributed by atoms with van der Waals surface area (Å²) in [4.78, 5) is 2.44. The summed E-state index contributed by atoms with van der Waals surface area (Å²) >= 11 is 0. The first-order valence-corrected chi connectivity index (χ1v) is 10.0. The Morgan fingerprint density at radius 3 is 2.41 bits per heavy atom. The van der Waals surface area contributed by atoms with Gasteiger partial charge in [0.25, 0.3) is 0 Å². The van der Waals surface area contributed by atoms with Crippen LogP contribution in [0.15, 0.2) is 60.7 Å². The molecule has 0 saturated carbocycles. The number of rotatable bonds is 1. The molecule has 2 aliphatic rings. The van der Waals surface area contributed by atoms with Gasteiger partial charge in [0.2, 0.25) is 0 Å². The molecule has 3 aromatic carbocycles. The summed E-state index contributed by atoms with van der Waals surface area (Å²) in [7, 11) is 0. The van der Waals surface area contributed by atoms with Crippen molar-refractivity contribution in [1.82, 2.24) is 0 Å². The average Bonchev–Trinajstić information content (AvgIpc) is 2.69. The second-order valence-corrected chi connectivity index (χ2v) is 7.67. The van der Waals surface area contributed by atoms with Gasteiger partial charge in [0, 0.05) is 11.4 Å². The Morgan fingerprint density at radius 2 is 1.44 bits per heavy atom. The van der Waals surface area contributed by atoms with Crippen LogP contribution in [0.4, 0.5) is 17.1 Å². The van der Waals surface area contributed by atoms with Gasteiger partial charge in [0.05, 0.1) is 12.3 Å². The molecule has 136 valence electrons. The molecule has 27 heavy (non-hydrogen) atoms. The van der Waals surface area contributed by atoms with Gasteiger partial charge in [-0.25, -0.2) is 0 Å². The van der Waals surface area contributed by atoms with E-state index in [1.54, 1.807) is 0 Å². The highest BCUT2D eigenvalue weighted by molar-refractivity contribution is 5.84. The fourth-order valence-corrected chi connectivity index (χ4v) is 4.48. The van der Waals surface area contributed by atoms with E-state index < -0.39 is 0 Å². The molecule has 0 fully saturated rings. The van der Waals surface area contributed by atoms with E-state index in [-0.39, 0.29) is 0 Å². The molecule has 2 heterocycles. The van der Waals surface area contributed by atoms with Crippen molar-refractivity contribution in [2.24, 2.45) is 0 Å². The van der Waals surface area contributed by atoms with E-state index in [9.17, 15) is 0 Å². The van der Waals surface area contributed by atoms with Crippen molar-refractivity contribution in [2.75, 3.05) is 11.5 Å². The van der Waals surface area contributed by atoms with Crippen molar-refractivity contribution in [1.29, 1.82) is 0 Å². The lowest BCUT2D eigenvalue weighted by Crippen LogP contribution is -2.19. The number of fused-ring (bicyclic) bond motifs is 3. The third-order valence-corrected chi connectivity index (χ3v) is 5.75. The molecule has 0 atom stereocenters. The molecule has 0 amide bonds. The number of benzene rings is 3. The third kappa shape index (κ3) is 2.90. The van der Waals surface area contributed by atoms with Gasteiger partial charge in [-0.3, -0.25) is 0 Å². The fourth-order valence-electron chi connectivity index (χ4n) is 4.48. The third-order valence-electron chi connectivity index (χ3n) is 5.75. The number of para-hydroxylation sites is 2. The van der Waals surface area contributed by atoms with Gasteiger partial charge in [-0.15, -0.1) is 0 Å². The van der Waals surface area contributed by atoms with Gasteiger partial charge in [0.1, 0.15) is 5.75 Å². The van der Waals surface area contributed by atoms with E-state index >= 15 is 0 Å². The van der Waals surface area contributed by atoms with E-state index in [1.807, 2.05) is 0 Å². The SMILES string of the molecule is Cc1ccc2c(c1)CCCc1ccccc1N2c1cccc2c1OCCC2. The number of nitrogens with zero attached hydrogens (tertiary/aromatic N) is 1. The Balaban J connectivity index is 1.78. The zero-order chi connectivity index (χ0) is 18.2. The van der Waals surface area contributed by atoms with Crippen LogP contribution >= 0.6 is 0 Å². The normalized spacial score (nSPS) is 15.7. The predicted molar refractivity (Wildman–Crippen MR) is 112 cm³/mol. The molecule has 0 N–H and O–H groups in total. The molecule has 0 spiro atoms. The molecular formula is C25H25NO. The number of anilines is 3. The Bertz CT molecular complexity index is 991. The van der Waals surface area contributed by atoms with Crippen LogP contribution in [0.2, 0.25) is 0 Å². The van der Waals surface area contributed by atoms with Crippen LogP contribution in [0.3, 0.4) is 0 Å². The van der Waals surface area contributed by atoms with Crippen LogP contribution in [-0.2, 0) is 19.3 Å². The number of ether oxygens (including phenoxy) is 1. The second-order valence-electron chi connectivity index (χ2n) is 7.67. The van der Waals surface area contributed by atoms with Gasteiger partial charge in [-0.1, -0.05) is 48.0 Å². The summed E-state index contributed by atoms with van der Waals surface area (Å²) in [6.45, 7) is 2.99. The average molecular weight is 355 g/mol. The van der Waals surface area contributed by atoms with Gasteiger partial charge in [0.15, 0.2) is 0 Å². The molecule has 3 aromatic rings. The van der Waals surface area contributed by atoms with Crippen LogP contribution in [-0.4, -0.2) is 6.61 Å². The second kappa shape index (κ2) is 6.77. The largest absolute Gasteiger partial charge is 0.491 e. The minimum absolute atomic E-state index is 0.806. The molecule has 0 radical (unpaired) electrons. The van der Waals surface area contributed by atoms with Crippen molar-refractivity contribution < 1.29 is 4.74 Å². The maximum Gasteiger partial charge on any atom is 0.146 e. The predicted octanol–water partition coefficient (Wildman–Crippen LogP) is 6.28. The Kier molecular flexibility index (Phi) is 4.12. The zero-order valence-electron chi connectivity index (χ0n) is 15.9. The Morgan fingerprint density at radius 1 is 0.704 bits per heavy atom. The smallest absolute Gasteiger partial charge is 0.146 e. The van der Waals surface area contributed by atoms with Gasteiger partial charge < -0.3 is 9.64 Å². The van der Waals surface area contributed by atoms with Gasteiger partial charge >= 0.3 is 0 Å². The van der Waals surface area contributed by atoms with E-state index in [4.69, 9.17) is 4.74 Å². The van der Waals surface area contributed by atoms with Crippen molar-refractivity contribution in [3.8, 4) is 5.75 Å². The summed E-state index contributed by atoms with van der Waals surface area (Å²) in [6, 6.07) is 22.3. The molecule has 2 aliphatic heterocycles. The van der Waals surface area contributed by atoms with Crippen molar-refractivity contribution in [3.05, 3.63) is 82.9 Å². The molecular weight excluding hydrogens is 330 g/mol. The lowest BCUT2D eigenvalue weighted by molar-refractivity contribution is 0.289. The van der Waals surface area contributed by atoms with Crippen LogP contribution in [0.25, 0.3) is 0 Å². The zero-order valence-corrected chi connectivity index (χ0v) is 15.9. The van der Waals surface area contributed by atoms with Crippen LogP contribution < -0.4 is 9.64 Å². The van der Waals surface area contributed by atoms with Crippen LogP contribution in [0.1, 0.15) is 35.1 Å². The number of aryl methyl sites for hydroxylation is 4. The van der Waals surface area contributed by atoms with E-state index in [2.05, 4.69) is 72.5 Å². The molecule has 0 aromatic heterocycles. The van der Waals surface area contributed by atoms with Crippen molar-refractivity contribution in [3.63, 3.8) is 0 Å². The van der Waals surface area contributed by atoms with Crippen molar-refractivity contribution in [2.45, 2.75) is 39.0 Å². The first-order valence-electron chi connectivity index (χ1n) is 10.0. The summed E-state index contributed by atoms with van der Waals surface area (Å²) < 4.78 is 6.19. The van der Waals surface area contributed by atoms with E-state index in [1.165, 1.54) is 45.7 Å². The van der Waals surface area contributed by atoms with Gasteiger partial charge in [-0.05, 0) is 73.9 Å². The van der Waals surface area contributed by atoms with Crippen molar-refractivity contribution >= 4 is 17.1 Å². The fraction of sp³-hybridized carbons (Fsp3) is 0.280. The summed E-state index contributed by atoms with van der Waals surface area (Å²) in [5.74, 6) is 1.06. The first-order chi connectivity index (χ1) is 13.3. The monoisotopic (exact) mass is 355 g/mol. The summed E-state index contributed by atoms with van der Waals surface area (Å²) in [5, 5.41) is 0. The highest BCUT2D eigenvalue weighted by Gasteiger charge is 2.25. The maximum atomic E-state index is 6.19. The number of hydrogen-bond donors (Lipinski definition) is 0. The molecule has 0 aliphatic carbocycles. The standard InChI is InChI=1S/C25H25NO/c1-18-14-15-23-21(17-18)10-4-8-19-7-2-3-12-22(19)26(23)24-13-5-9-20-11-6-16-27-25(20)24/h2-3,5,7,9,12-15,17H,4,6,8,10-11,16H2,1H3. The molecule has 0 bridgehead atoms. The molecule has 2 nitrogen and oxygen atoms in total. The Labute approximate surface area is 161 Å². The summed E-state index contributed by atoms with van der Waals surface area (Å²) in [6.07, 6.45) is 5.60. The first kappa shape index (κ1) is 16.4. The van der Waals surface area contributed by atoms with Crippen LogP contribution in [0.5, 0.6) is 5.75 Å². The minimum Gasteiger partial charge on any atom is -0.491 e. The highest BCUT2D eigenvalue weighted by atomic mass is 16.5. The van der Waals surface area contributed by atoms with E-state index in [0.29, 0.717) is 0 Å². The molecule has 5 rings (SSSR count). The molecule has 0 saturated heterocycles. The number of hydrogen-bond acceptors (Lipinski definition) is 2. The topological polar surface area (TPSA) is 12.5 Å². The Hall–Kier alpha value is -2.74. The van der Waals surface area contributed by atoms with Gasteiger partial charge in [-0.2, -0.15) is 0 Å². The lowest BCUT2D eigenvalue weighted by atomic mass is 9.94. The maximum absolute atomic E-state index is 6.19. The summed E-state index contributed by atoms with van der Waals surface area (Å²) in [5.41, 5.74) is 9.24. The lowest BCUT2D eigenvalue weighted by Gasteiger charge is -2.34. The highest BCUT2D eigenvalue weighted by Crippen LogP contribution is 2.46. The van der Waals surface area contributed by atoms with E-state index in [0.717, 1.165) is 38.0 Å². The van der Waals surface area contributed by atoms with Crippen LogP contribution in [0, 0.1) is 6.92 Å². The molecule has 0 unspecified atom stereocenters. The molecule has 2 heteroatoms. The quantitative estimate of drug-likeness (QED) is 0.509.